The van der Waals surface area contributed by atoms with Crippen LogP contribution < -0.4 is 4.72 Å². The highest BCUT2D eigenvalue weighted by Crippen LogP contribution is 2.22. The first-order chi connectivity index (χ1) is 11.5. The number of sulfonamides is 1. The molecular weight excluding hydrogens is 328 g/mol. The number of amides is 1. The predicted molar refractivity (Wildman–Crippen MR) is 89.0 cm³/mol. The first kappa shape index (κ1) is 16.7. The van der Waals surface area contributed by atoms with Crippen LogP contribution >= 0.6 is 0 Å². The molecule has 1 aromatic carbocycles. The summed E-state index contributed by atoms with van der Waals surface area (Å²) in [5.41, 5.74) is 0.388. The summed E-state index contributed by atoms with van der Waals surface area (Å²) in [6.07, 6.45) is 5.45. The molecule has 1 saturated heterocycles. The Morgan fingerprint density at radius 1 is 1.38 bits per heavy atom. The Labute approximate surface area is 141 Å². The minimum Gasteiger partial charge on any atom is -0.334 e. The van der Waals surface area contributed by atoms with Crippen molar-refractivity contribution in [2.24, 2.45) is 0 Å². The van der Waals surface area contributed by atoms with Gasteiger partial charge < -0.3 is 4.90 Å². The van der Waals surface area contributed by atoms with E-state index in [0.29, 0.717) is 18.7 Å². The van der Waals surface area contributed by atoms with E-state index in [9.17, 15) is 13.2 Å². The molecule has 0 spiro atoms. The van der Waals surface area contributed by atoms with Gasteiger partial charge in [-0.25, -0.2) is 13.1 Å². The van der Waals surface area contributed by atoms with Crippen molar-refractivity contribution in [3.8, 4) is 0 Å². The third-order valence-electron chi connectivity index (χ3n) is 4.26. The highest BCUT2D eigenvalue weighted by atomic mass is 32.2. The number of benzene rings is 1. The van der Waals surface area contributed by atoms with E-state index in [-0.39, 0.29) is 16.8 Å². The lowest BCUT2D eigenvalue weighted by molar-refractivity contribution is 0.0721. The van der Waals surface area contributed by atoms with Gasteiger partial charge in [-0.15, -0.1) is 0 Å². The Bertz CT molecular complexity index is 818. The molecule has 1 N–H and O–H groups in total. The lowest BCUT2D eigenvalue weighted by Crippen LogP contribution is -2.38. The molecule has 1 amide bonds. The third kappa shape index (κ3) is 3.34. The zero-order valence-corrected chi connectivity index (χ0v) is 14.2. The van der Waals surface area contributed by atoms with Crippen molar-refractivity contribution >= 4 is 15.9 Å². The van der Waals surface area contributed by atoms with Gasteiger partial charge in [0.15, 0.2) is 0 Å². The van der Waals surface area contributed by atoms with Gasteiger partial charge in [0.1, 0.15) is 0 Å². The summed E-state index contributed by atoms with van der Waals surface area (Å²) in [4.78, 5) is 14.7. The Morgan fingerprint density at radius 2 is 2.21 bits per heavy atom. The van der Waals surface area contributed by atoms with Crippen molar-refractivity contribution in [1.82, 2.24) is 19.4 Å². The molecule has 2 heterocycles. The summed E-state index contributed by atoms with van der Waals surface area (Å²) in [5, 5.41) is 4.19. The van der Waals surface area contributed by atoms with Crippen molar-refractivity contribution in [3.63, 3.8) is 0 Å². The molecular formula is C16H20N4O3S. The van der Waals surface area contributed by atoms with Gasteiger partial charge in [0, 0.05) is 24.5 Å². The van der Waals surface area contributed by atoms with E-state index in [4.69, 9.17) is 0 Å². The average molecular weight is 348 g/mol. The summed E-state index contributed by atoms with van der Waals surface area (Å²) in [6, 6.07) is 8.08. The maximum Gasteiger partial charge on any atom is 0.254 e. The van der Waals surface area contributed by atoms with Crippen LogP contribution in [-0.4, -0.2) is 48.6 Å². The van der Waals surface area contributed by atoms with E-state index in [0.717, 1.165) is 12.8 Å². The number of likely N-dealkylation sites (tertiary alicyclic amines) is 1. The number of carbonyl (C=O) groups is 1. The average Bonchev–Trinajstić information content (AvgIpc) is 3.26. The molecule has 1 aliphatic heterocycles. The second-order valence-electron chi connectivity index (χ2n) is 5.76. The fourth-order valence-electron chi connectivity index (χ4n) is 3.00. The summed E-state index contributed by atoms with van der Waals surface area (Å²) < 4.78 is 27.9. The molecule has 1 atom stereocenters. The Hall–Kier alpha value is -2.19. The fraction of sp³-hybridized carbons (Fsp3) is 0.375. The molecule has 0 saturated carbocycles. The molecule has 0 bridgehead atoms. The highest BCUT2D eigenvalue weighted by Gasteiger charge is 2.30. The minimum atomic E-state index is -3.57. The smallest absolute Gasteiger partial charge is 0.254 e. The van der Waals surface area contributed by atoms with E-state index in [1.807, 2.05) is 21.8 Å². The minimum absolute atomic E-state index is 0.0713. The second-order valence-corrected chi connectivity index (χ2v) is 7.64. The van der Waals surface area contributed by atoms with Crippen LogP contribution in [0.4, 0.5) is 0 Å². The van der Waals surface area contributed by atoms with E-state index >= 15 is 0 Å². The van der Waals surface area contributed by atoms with Gasteiger partial charge >= 0.3 is 0 Å². The van der Waals surface area contributed by atoms with Gasteiger partial charge in [-0.05, 0) is 44.2 Å². The molecule has 7 nitrogen and oxygen atoms in total. The zero-order chi connectivity index (χ0) is 17.2. The van der Waals surface area contributed by atoms with Gasteiger partial charge in [0.05, 0.1) is 17.5 Å². The number of nitrogens with one attached hydrogen (secondary N) is 1. The monoisotopic (exact) mass is 348 g/mol. The maximum atomic E-state index is 12.8. The molecule has 8 heteroatoms. The molecule has 1 fully saturated rings. The van der Waals surface area contributed by atoms with Crippen LogP contribution in [0.15, 0.2) is 47.6 Å². The van der Waals surface area contributed by atoms with Gasteiger partial charge in [-0.2, -0.15) is 5.10 Å². The highest BCUT2D eigenvalue weighted by molar-refractivity contribution is 7.89. The van der Waals surface area contributed by atoms with Crippen LogP contribution in [0, 0.1) is 0 Å². The van der Waals surface area contributed by atoms with Crippen LogP contribution in [0.2, 0.25) is 0 Å². The lowest BCUT2D eigenvalue weighted by Gasteiger charge is -2.25. The summed E-state index contributed by atoms with van der Waals surface area (Å²) >= 11 is 0. The third-order valence-corrected chi connectivity index (χ3v) is 5.67. The van der Waals surface area contributed by atoms with Crippen molar-refractivity contribution in [2.75, 3.05) is 13.6 Å². The van der Waals surface area contributed by atoms with E-state index in [2.05, 4.69) is 9.82 Å². The van der Waals surface area contributed by atoms with Crippen molar-refractivity contribution in [1.29, 1.82) is 0 Å². The predicted octanol–water partition coefficient (Wildman–Crippen LogP) is 1.10. The number of carbonyl (C=O) groups excluding carboxylic acids is 1. The summed E-state index contributed by atoms with van der Waals surface area (Å²) in [6.45, 7) is 1.32. The molecule has 128 valence electrons. The Morgan fingerprint density at radius 3 is 2.92 bits per heavy atom. The number of nitrogens with zero attached hydrogens (tertiary/aromatic N) is 3. The normalized spacial score (nSPS) is 18.0. The van der Waals surface area contributed by atoms with Gasteiger partial charge in [-0.1, -0.05) is 6.07 Å². The molecule has 3 rings (SSSR count). The molecule has 1 aliphatic rings. The largest absolute Gasteiger partial charge is 0.334 e. The lowest BCUT2D eigenvalue weighted by atomic mass is 10.1. The quantitative estimate of drug-likeness (QED) is 0.877. The fourth-order valence-corrected chi connectivity index (χ4v) is 3.77. The summed E-state index contributed by atoms with van der Waals surface area (Å²) in [5.74, 6) is -0.141. The molecule has 1 aromatic heterocycles. The maximum absolute atomic E-state index is 12.8. The first-order valence-electron chi connectivity index (χ1n) is 7.83. The Kier molecular flexibility index (Phi) is 4.68. The topological polar surface area (TPSA) is 84.3 Å². The first-order valence-corrected chi connectivity index (χ1v) is 9.31. The zero-order valence-electron chi connectivity index (χ0n) is 13.4. The van der Waals surface area contributed by atoms with Crippen LogP contribution in [0.3, 0.4) is 0 Å². The second kappa shape index (κ2) is 6.74. The van der Waals surface area contributed by atoms with Crippen molar-refractivity contribution < 1.29 is 13.2 Å². The molecule has 0 radical (unpaired) electrons. The number of rotatable bonds is 5. The molecule has 2 aromatic rings. The van der Waals surface area contributed by atoms with E-state index in [1.54, 1.807) is 18.3 Å². The Balaban J connectivity index is 1.82. The van der Waals surface area contributed by atoms with Crippen LogP contribution in [-0.2, 0) is 16.6 Å². The number of aromatic nitrogens is 2. The van der Waals surface area contributed by atoms with Crippen molar-refractivity contribution in [2.45, 2.75) is 30.3 Å². The van der Waals surface area contributed by atoms with Crippen LogP contribution in [0.5, 0.6) is 0 Å². The van der Waals surface area contributed by atoms with Crippen molar-refractivity contribution in [3.05, 3.63) is 48.3 Å². The standard InChI is InChI=1S/C16H20N4O3S/c1-17-24(22,23)15-7-2-5-13(11-15)16(21)20-10-3-6-14(20)12-19-9-4-8-18-19/h2,4-5,7-9,11,14,17H,3,6,10,12H2,1H3/t14-/m1/s1. The number of hydrogen-bond acceptors (Lipinski definition) is 4. The molecule has 0 unspecified atom stereocenters. The van der Waals surface area contributed by atoms with Crippen LogP contribution in [0.1, 0.15) is 23.2 Å². The van der Waals surface area contributed by atoms with E-state index < -0.39 is 10.0 Å². The summed E-state index contributed by atoms with van der Waals surface area (Å²) in [7, 11) is -2.22. The molecule has 0 aliphatic carbocycles. The number of hydrogen-bond donors (Lipinski definition) is 1. The van der Waals surface area contributed by atoms with Crippen LogP contribution in [0.25, 0.3) is 0 Å². The van der Waals surface area contributed by atoms with E-state index in [1.165, 1.54) is 19.2 Å². The SMILES string of the molecule is CNS(=O)(=O)c1cccc(C(=O)N2CCC[C@@H]2Cn2cccn2)c1. The van der Waals surface area contributed by atoms with Gasteiger partial charge in [0.25, 0.3) is 5.91 Å². The van der Waals surface area contributed by atoms with Gasteiger partial charge in [0.2, 0.25) is 10.0 Å². The van der Waals surface area contributed by atoms with Gasteiger partial charge in [-0.3, -0.25) is 9.48 Å². The molecule has 24 heavy (non-hydrogen) atoms.